The second-order valence-electron chi connectivity index (χ2n) is 4.92. The highest BCUT2D eigenvalue weighted by molar-refractivity contribution is 9.08. The Balaban J connectivity index is 2.08. The van der Waals surface area contributed by atoms with Gasteiger partial charge in [0.05, 0.1) is 6.10 Å². The first kappa shape index (κ1) is 13.9. The summed E-state index contributed by atoms with van der Waals surface area (Å²) < 4.78 is 5.73. The number of nitrogens with zero attached hydrogens (tertiary/aromatic N) is 1. The Morgan fingerprint density at radius 2 is 2.28 bits per heavy atom. The molecule has 100 valence electrons. The third kappa shape index (κ3) is 3.27. The van der Waals surface area contributed by atoms with E-state index in [1.54, 1.807) is 0 Å². The highest BCUT2D eigenvalue weighted by atomic mass is 79.9. The van der Waals surface area contributed by atoms with Crippen LogP contribution in [0.15, 0.2) is 18.2 Å². The summed E-state index contributed by atoms with van der Waals surface area (Å²) in [5.74, 6) is 0. The quantitative estimate of drug-likeness (QED) is 0.765. The lowest BCUT2D eigenvalue weighted by molar-refractivity contribution is 0.115. The number of anilines is 1. The van der Waals surface area contributed by atoms with E-state index in [9.17, 15) is 0 Å². The molecule has 1 aromatic rings. The summed E-state index contributed by atoms with van der Waals surface area (Å²) in [6.07, 6.45) is 2.83. The van der Waals surface area contributed by atoms with Crippen LogP contribution in [0.3, 0.4) is 0 Å². The van der Waals surface area contributed by atoms with Crippen molar-refractivity contribution < 1.29 is 4.74 Å². The van der Waals surface area contributed by atoms with Crippen LogP contribution >= 0.6 is 15.9 Å². The third-order valence-corrected chi connectivity index (χ3v) is 4.27. The minimum Gasteiger partial charge on any atom is -0.376 e. The molecule has 1 aliphatic heterocycles. The van der Waals surface area contributed by atoms with Crippen LogP contribution in [0.25, 0.3) is 0 Å². The van der Waals surface area contributed by atoms with E-state index in [2.05, 4.69) is 52.9 Å². The van der Waals surface area contributed by atoms with E-state index in [0.717, 1.165) is 25.0 Å². The Bertz CT molecular complexity index is 388. The number of halogens is 1. The standard InChI is InChI=1S/C15H22BrNO/c1-3-17(11-15-5-4-8-18-15)14-7-6-13(10-16)12(2)9-14/h6-7,9,15H,3-5,8,10-11H2,1-2H3. The first-order valence-corrected chi connectivity index (χ1v) is 7.88. The first-order chi connectivity index (χ1) is 8.74. The molecule has 1 saturated heterocycles. The molecule has 3 heteroatoms. The predicted octanol–water partition coefficient (Wildman–Crippen LogP) is 3.90. The Morgan fingerprint density at radius 3 is 2.83 bits per heavy atom. The van der Waals surface area contributed by atoms with Crippen molar-refractivity contribution in [2.24, 2.45) is 0 Å². The van der Waals surface area contributed by atoms with Crippen molar-refractivity contribution in [3.63, 3.8) is 0 Å². The van der Waals surface area contributed by atoms with Gasteiger partial charge in [-0.1, -0.05) is 22.0 Å². The summed E-state index contributed by atoms with van der Waals surface area (Å²) in [7, 11) is 0. The van der Waals surface area contributed by atoms with E-state index in [1.807, 2.05) is 0 Å². The van der Waals surface area contributed by atoms with E-state index >= 15 is 0 Å². The van der Waals surface area contributed by atoms with Gasteiger partial charge in [-0.2, -0.15) is 0 Å². The van der Waals surface area contributed by atoms with Crippen molar-refractivity contribution in [3.8, 4) is 0 Å². The number of rotatable bonds is 5. The van der Waals surface area contributed by atoms with Gasteiger partial charge in [-0.25, -0.2) is 0 Å². The van der Waals surface area contributed by atoms with Crippen LogP contribution in [-0.2, 0) is 10.1 Å². The minimum atomic E-state index is 0.418. The number of hydrogen-bond acceptors (Lipinski definition) is 2. The van der Waals surface area contributed by atoms with Crippen molar-refractivity contribution in [2.45, 2.75) is 38.1 Å². The van der Waals surface area contributed by atoms with E-state index in [4.69, 9.17) is 4.74 Å². The van der Waals surface area contributed by atoms with Gasteiger partial charge in [0.15, 0.2) is 0 Å². The lowest BCUT2D eigenvalue weighted by Gasteiger charge is -2.26. The van der Waals surface area contributed by atoms with Crippen LogP contribution in [0.1, 0.15) is 30.9 Å². The van der Waals surface area contributed by atoms with Gasteiger partial charge < -0.3 is 9.64 Å². The summed E-state index contributed by atoms with van der Waals surface area (Å²) in [5, 5.41) is 0.928. The molecule has 0 N–H and O–H groups in total. The topological polar surface area (TPSA) is 12.5 Å². The molecule has 0 radical (unpaired) electrons. The Morgan fingerprint density at radius 1 is 1.44 bits per heavy atom. The molecule has 0 spiro atoms. The number of benzene rings is 1. The zero-order valence-corrected chi connectivity index (χ0v) is 12.9. The zero-order chi connectivity index (χ0) is 13.0. The van der Waals surface area contributed by atoms with E-state index in [0.29, 0.717) is 6.10 Å². The van der Waals surface area contributed by atoms with Crippen molar-refractivity contribution in [1.29, 1.82) is 0 Å². The summed E-state index contributed by atoms with van der Waals surface area (Å²) in [5.41, 5.74) is 4.04. The van der Waals surface area contributed by atoms with Gasteiger partial charge in [-0.3, -0.25) is 0 Å². The molecule has 2 nitrogen and oxygen atoms in total. The van der Waals surface area contributed by atoms with Gasteiger partial charge >= 0.3 is 0 Å². The molecular formula is C15H22BrNO. The number of alkyl halides is 1. The van der Waals surface area contributed by atoms with Gasteiger partial charge in [0.25, 0.3) is 0 Å². The van der Waals surface area contributed by atoms with Crippen LogP contribution < -0.4 is 4.90 Å². The summed E-state index contributed by atoms with van der Waals surface area (Å²) >= 11 is 3.52. The number of hydrogen-bond donors (Lipinski definition) is 0. The molecule has 1 aromatic carbocycles. The third-order valence-electron chi connectivity index (χ3n) is 3.67. The maximum absolute atomic E-state index is 5.73. The van der Waals surface area contributed by atoms with Gasteiger partial charge in [0.1, 0.15) is 0 Å². The van der Waals surface area contributed by atoms with Gasteiger partial charge in [0, 0.05) is 30.7 Å². The molecule has 0 bridgehead atoms. The maximum atomic E-state index is 5.73. The number of aryl methyl sites for hydroxylation is 1. The van der Waals surface area contributed by atoms with Crippen LogP contribution in [0.4, 0.5) is 5.69 Å². The number of ether oxygens (including phenoxy) is 1. The summed E-state index contributed by atoms with van der Waals surface area (Å²) in [6, 6.07) is 6.73. The highest BCUT2D eigenvalue weighted by Crippen LogP contribution is 2.23. The molecule has 2 rings (SSSR count). The molecule has 1 heterocycles. The fraction of sp³-hybridized carbons (Fsp3) is 0.600. The fourth-order valence-electron chi connectivity index (χ4n) is 2.48. The number of likely N-dealkylation sites (N-methyl/N-ethyl adjacent to an activating group) is 1. The first-order valence-electron chi connectivity index (χ1n) is 6.76. The highest BCUT2D eigenvalue weighted by Gasteiger charge is 2.18. The van der Waals surface area contributed by atoms with E-state index in [1.165, 1.54) is 29.7 Å². The molecule has 0 saturated carbocycles. The van der Waals surface area contributed by atoms with Crippen LogP contribution in [0, 0.1) is 6.92 Å². The SMILES string of the molecule is CCN(CC1CCCO1)c1ccc(CBr)c(C)c1. The molecule has 1 unspecified atom stereocenters. The van der Waals surface area contributed by atoms with E-state index < -0.39 is 0 Å². The lowest BCUT2D eigenvalue weighted by atomic mass is 10.1. The smallest absolute Gasteiger partial charge is 0.0750 e. The van der Waals surface area contributed by atoms with Gasteiger partial charge in [0.2, 0.25) is 0 Å². The molecular weight excluding hydrogens is 290 g/mol. The zero-order valence-electron chi connectivity index (χ0n) is 11.3. The van der Waals surface area contributed by atoms with Crippen LogP contribution in [0.2, 0.25) is 0 Å². The molecule has 1 aliphatic rings. The predicted molar refractivity (Wildman–Crippen MR) is 80.7 cm³/mol. The monoisotopic (exact) mass is 311 g/mol. The minimum absolute atomic E-state index is 0.418. The average Bonchev–Trinajstić information content (AvgIpc) is 2.88. The van der Waals surface area contributed by atoms with Gasteiger partial charge in [-0.15, -0.1) is 0 Å². The van der Waals surface area contributed by atoms with Crippen LogP contribution in [0.5, 0.6) is 0 Å². The summed E-state index contributed by atoms with van der Waals surface area (Å²) in [6.45, 7) is 7.38. The van der Waals surface area contributed by atoms with Crippen molar-refractivity contribution >= 4 is 21.6 Å². The molecule has 18 heavy (non-hydrogen) atoms. The maximum Gasteiger partial charge on any atom is 0.0750 e. The average molecular weight is 312 g/mol. The van der Waals surface area contributed by atoms with Crippen molar-refractivity contribution in [3.05, 3.63) is 29.3 Å². The fourth-order valence-corrected chi connectivity index (χ4v) is 3.11. The normalized spacial score (nSPS) is 19.2. The van der Waals surface area contributed by atoms with Crippen LogP contribution in [-0.4, -0.2) is 25.8 Å². The Kier molecular flexibility index (Phi) is 5.07. The molecule has 1 fully saturated rings. The molecule has 0 aliphatic carbocycles. The molecule has 0 aromatic heterocycles. The summed E-state index contributed by atoms with van der Waals surface area (Å²) in [4.78, 5) is 2.42. The largest absolute Gasteiger partial charge is 0.376 e. The Hall–Kier alpha value is -0.540. The Labute approximate surface area is 118 Å². The molecule has 0 amide bonds. The molecule has 1 atom stereocenters. The van der Waals surface area contributed by atoms with E-state index in [-0.39, 0.29) is 0 Å². The lowest BCUT2D eigenvalue weighted by Crippen LogP contribution is -2.32. The second-order valence-corrected chi connectivity index (χ2v) is 5.48. The van der Waals surface area contributed by atoms with Gasteiger partial charge in [-0.05, 0) is 49.9 Å². The van der Waals surface area contributed by atoms with Crippen molar-refractivity contribution in [2.75, 3.05) is 24.6 Å². The second kappa shape index (κ2) is 6.58. The van der Waals surface area contributed by atoms with Crippen molar-refractivity contribution in [1.82, 2.24) is 0 Å².